The van der Waals surface area contributed by atoms with Crippen molar-refractivity contribution in [3.05, 3.63) is 23.8 Å². The van der Waals surface area contributed by atoms with E-state index in [9.17, 15) is 22.8 Å². The topological polar surface area (TPSA) is 84.9 Å². The Morgan fingerprint density at radius 2 is 1.86 bits per heavy atom. The molecule has 1 aliphatic heterocycles. The van der Waals surface area contributed by atoms with Crippen LogP contribution < -0.4 is 14.8 Å². The second kappa shape index (κ2) is 4.83. The Balaban J connectivity index is 2.26. The summed E-state index contributed by atoms with van der Waals surface area (Å²) in [5.41, 5.74) is -3.56. The molecule has 21 heavy (non-hydrogen) atoms. The third kappa shape index (κ3) is 2.58. The number of rotatable bonds is 3. The van der Waals surface area contributed by atoms with Gasteiger partial charge in [-0.1, -0.05) is 0 Å². The van der Waals surface area contributed by atoms with Gasteiger partial charge in [0.15, 0.2) is 11.5 Å². The predicted octanol–water partition coefficient (Wildman–Crippen LogP) is 1.55. The second-order valence-electron chi connectivity index (χ2n) is 4.45. The number of hydrogen-bond acceptors (Lipinski definition) is 4. The van der Waals surface area contributed by atoms with E-state index in [1.165, 1.54) is 23.5 Å². The zero-order valence-corrected chi connectivity index (χ0v) is 10.7. The summed E-state index contributed by atoms with van der Waals surface area (Å²) in [7, 11) is 0. The summed E-state index contributed by atoms with van der Waals surface area (Å²) in [6, 6.07) is 3.74. The van der Waals surface area contributed by atoms with Crippen LogP contribution in [0.5, 0.6) is 11.5 Å². The quantitative estimate of drug-likeness (QED) is 0.885. The molecule has 1 unspecified atom stereocenters. The van der Waals surface area contributed by atoms with E-state index in [-0.39, 0.29) is 18.1 Å². The van der Waals surface area contributed by atoms with Crippen LogP contribution in [0.1, 0.15) is 17.3 Å². The van der Waals surface area contributed by atoms with Gasteiger partial charge in [0.05, 0.1) is 0 Å². The summed E-state index contributed by atoms with van der Waals surface area (Å²) in [6.07, 6.45) is -5.15. The van der Waals surface area contributed by atoms with E-state index in [0.717, 1.165) is 0 Å². The van der Waals surface area contributed by atoms with Gasteiger partial charge in [-0.2, -0.15) is 13.2 Å². The van der Waals surface area contributed by atoms with E-state index in [1.807, 2.05) is 0 Å². The molecule has 1 amide bonds. The molecule has 6 nitrogen and oxygen atoms in total. The lowest BCUT2D eigenvalue weighted by molar-refractivity contribution is -0.203. The fraction of sp³-hybridized carbons (Fsp3) is 0.333. The van der Waals surface area contributed by atoms with Crippen LogP contribution in [-0.4, -0.2) is 35.5 Å². The first kappa shape index (κ1) is 14.9. The van der Waals surface area contributed by atoms with E-state index >= 15 is 0 Å². The van der Waals surface area contributed by atoms with Crippen LogP contribution in [0, 0.1) is 0 Å². The van der Waals surface area contributed by atoms with Crippen molar-refractivity contribution in [1.29, 1.82) is 0 Å². The summed E-state index contributed by atoms with van der Waals surface area (Å²) in [6.45, 7) is 0.315. The number of hydrogen-bond donors (Lipinski definition) is 2. The van der Waals surface area contributed by atoms with Crippen molar-refractivity contribution in [3.63, 3.8) is 0 Å². The van der Waals surface area contributed by atoms with Gasteiger partial charge in [0.2, 0.25) is 12.3 Å². The van der Waals surface area contributed by atoms with Crippen molar-refractivity contribution in [1.82, 2.24) is 5.32 Å². The van der Waals surface area contributed by atoms with Gasteiger partial charge in [-0.25, -0.2) is 4.79 Å². The molecule has 1 aliphatic rings. The number of benzene rings is 1. The molecule has 0 aliphatic carbocycles. The summed E-state index contributed by atoms with van der Waals surface area (Å²) < 4.78 is 48.4. The van der Waals surface area contributed by atoms with Crippen LogP contribution in [-0.2, 0) is 4.79 Å². The van der Waals surface area contributed by atoms with Gasteiger partial charge in [0.1, 0.15) is 0 Å². The number of nitrogens with one attached hydrogen (secondary N) is 1. The first-order chi connectivity index (χ1) is 9.65. The molecule has 0 fully saturated rings. The molecule has 0 spiro atoms. The minimum Gasteiger partial charge on any atom is -0.479 e. The van der Waals surface area contributed by atoms with Crippen molar-refractivity contribution in [2.45, 2.75) is 18.6 Å². The summed E-state index contributed by atoms with van der Waals surface area (Å²) in [5, 5.41) is 10.2. The summed E-state index contributed by atoms with van der Waals surface area (Å²) >= 11 is 0. The molecule has 0 radical (unpaired) electrons. The van der Waals surface area contributed by atoms with Gasteiger partial charge in [-0.05, 0) is 25.1 Å². The molecule has 1 heterocycles. The zero-order chi connectivity index (χ0) is 15.8. The van der Waals surface area contributed by atoms with Gasteiger partial charge in [0, 0.05) is 5.56 Å². The van der Waals surface area contributed by atoms with Crippen LogP contribution in [0.2, 0.25) is 0 Å². The Labute approximate surface area is 116 Å². The van der Waals surface area contributed by atoms with Crippen LogP contribution in [0.3, 0.4) is 0 Å². The minimum absolute atomic E-state index is 0.0597. The normalized spacial score (nSPS) is 16.2. The highest BCUT2D eigenvalue weighted by Crippen LogP contribution is 2.34. The number of fused-ring (bicyclic) bond motifs is 1. The largest absolute Gasteiger partial charge is 0.479 e. The number of alkyl halides is 3. The SMILES string of the molecule is CC(NC(=O)c1ccc2c(c1)OCO2)(C(=O)O)C(F)(F)F. The van der Waals surface area contributed by atoms with Crippen molar-refractivity contribution in [2.24, 2.45) is 0 Å². The van der Waals surface area contributed by atoms with Gasteiger partial charge in [0.25, 0.3) is 5.91 Å². The molecule has 9 heteroatoms. The maximum absolute atomic E-state index is 12.8. The van der Waals surface area contributed by atoms with E-state index < -0.39 is 23.6 Å². The number of aliphatic carboxylic acids is 1. The van der Waals surface area contributed by atoms with Crippen molar-refractivity contribution < 1.29 is 37.3 Å². The van der Waals surface area contributed by atoms with Crippen LogP contribution >= 0.6 is 0 Å². The van der Waals surface area contributed by atoms with Gasteiger partial charge in [-0.15, -0.1) is 0 Å². The Hall–Kier alpha value is -2.45. The van der Waals surface area contributed by atoms with E-state index in [1.54, 1.807) is 0 Å². The predicted molar refractivity (Wildman–Crippen MR) is 62.1 cm³/mol. The summed E-state index contributed by atoms with van der Waals surface area (Å²) in [5.74, 6) is -2.84. The monoisotopic (exact) mass is 305 g/mol. The maximum Gasteiger partial charge on any atom is 0.422 e. The average Bonchev–Trinajstić information content (AvgIpc) is 2.83. The van der Waals surface area contributed by atoms with Gasteiger partial charge < -0.3 is 19.9 Å². The number of carbonyl (C=O) groups excluding carboxylic acids is 1. The number of halogens is 3. The number of ether oxygens (including phenoxy) is 2. The number of carboxylic acids is 1. The van der Waals surface area contributed by atoms with Gasteiger partial charge in [-0.3, -0.25) is 4.79 Å². The van der Waals surface area contributed by atoms with E-state index in [2.05, 4.69) is 0 Å². The lowest BCUT2D eigenvalue weighted by Gasteiger charge is -2.28. The molecule has 2 N–H and O–H groups in total. The standard InChI is InChI=1S/C12H10F3NO5/c1-11(10(18)19,12(13,14)15)16-9(17)6-2-3-7-8(4-6)21-5-20-7/h2-4H,5H2,1H3,(H,16,17)(H,18,19). The lowest BCUT2D eigenvalue weighted by Crippen LogP contribution is -2.61. The minimum atomic E-state index is -5.15. The molecule has 0 saturated heterocycles. The summed E-state index contributed by atoms with van der Waals surface area (Å²) in [4.78, 5) is 22.7. The second-order valence-corrected chi connectivity index (χ2v) is 4.45. The molecule has 114 valence electrons. The molecule has 2 rings (SSSR count). The highest BCUT2D eigenvalue weighted by molar-refractivity contribution is 5.98. The Bertz CT molecular complexity index is 601. The molecular weight excluding hydrogens is 295 g/mol. The molecule has 1 aromatic carbocycles. The fourth-order valence-corrected chi connectivity index (χ4v) is 1.58. The Morgan fingerprint density at radius 1 is 1.24 bits per heavy atom. The lowest BCUT2D eigenvalue weighted by atomic mass is 10.0. The third-order valence-electron chi connectivity index (χ3n) is 2.99. The van der Waals surface area contributed by atoms with E-state index in [0.29, 0.717) is 12.7 Å². The number of carboxylic acid groups (broad SMARTS) is 1. The molecule has 1 atom stereocenters. The number of amides is 1. The van der Waals surface area contributed by atoms with Crippen molar-refractivity contribution in [2.75, 3.05) is 6.79 Å². The first-order valence-electron chi connectivity index (χ1n) is 5.67. The Kier molecular flexibility index (Phi) is 3.44. The molecule has 0 aromatic heterocycles. The molecule has 1 aromatic rings. The molecule has 0 saturated carbocycles. The third-order valence-corrected chi connectivity index (χ3v) is 2.99. The fourth-order valence-electron chi connectivity index (χ4n) is 1.58. The van der Waals surface area contributed by atoms with Crippen LogP contribution in [0.4, 0.5) is 13.2 Å². The van der Waals surface area contributed by atoms with E-state index in [4.69, 9.17) is 14.6 Å². The van der Waals surface area contributed by atoms with Crippen molar-refractivity contribution in [3.8, 4) is 11.5 Å². The van der Waals surface area contributed by atoms with Crippen LogP contribution in [0.15, 0.2) is 18.2 Å². The molecule has 0 bridgehead atoms. The number of carbonyl (C=O) groups is 2. The Morgan fingerprint density at radius 3 is 2.43 bits per heavy atom. The molecular formula is C12H10F3NO5. The smallest absolute Gasteiger partial charge is 0.422 e. The van der Waals surface area contributed by atoms with Crippen LogP contribution in [0.25, 0.3) is 0 Å². The maximum atomic E-state index is 12.8. The zero-order valence-electron chi connectivity index (χ0n) is 10.7. The highest BCUT2D eigenvalue weighted by Gasteiger charge is 2.58. The average molecular weight is 305 g/mol. The van der Waals surface area contributed by atoms with Gasteiger partial charge >= 0.3 is 12.1 Å². The highest BCUT2D eigenvalue weighted by atomic mass is 19.4. The first-order valence-corrected chi connectivity index (χ1v) is 5.67. The van der Waals surface area contributed by atoms with Crippen molar-refractivity contribution >= 4 is 11.9 Å².